The van der Waals surface area contributed by atoms with E-state index in [9.17, 15) is 5.11 Å². The highest BCUT2D eigenvalue weighted by Gasteiger charge is 2.15. The third kappa shape index (κ3) is 4.36. The lowest BCUT2D eigenvalue weighted by atomic mass is 10.1. The summed E-state index contributed by atoms with van der Waals surface area (Å²) < 4.78 is 1.68. The Bertz CT molecular complexity index is 322. The Balaban J connectivity index is 2.41. The molecule has 0 aromatic carbocycles. The molecule has 0 radical (unpaired) electrons. The van der Waals surface area contributed by atoms with Crippen molar-refractivity contribution >= 4 is 5.69 Å². The van der Waals surface area contributed by atoms with E-state index >= 15 is 0 Å². The number of likely N-dealkylation sites (N-methyl/N-ethyl adjacent to an activating group) is 1. The zero-order valence-electron chi connectivity index (χ0n) is 11.0. The summed E-state index contributed by atoms with van der Waals surface area (Å²) in [6, 6.07) is 0.535. The molecular weight excluding hydrogens is 216 g/mol. The summed E-state index contributed by atoms with van der Waals surface area (Å²) in [5.41, 5.74) is 6.20. The Morgan fingerprint density at radius 2 is 2.12 bits per heavy atom. The van der Waals surface area contributed by atoms with E-state index in [0.717, 1.165) is 12.8 Å². The van der Waals surface area contributed by atoms with Gasteiger partial charge in [0.2, 0.25) is 0 Å². The number of anilines is 1. The Hall–Kier alpha value is -1.07. The first-order valence-electron chi connectivity index (χ1n) is 6.23. The molecule has 1 heterocycles. The van der Waals surface area contributed by atoms with Gasteiger partial charge < -0.3 is 15.7 Å². The topological polar surface area (TPSA) is 67.3 Å². The molecule has 1 aromatic heterocycles. The third-order valence-corrected chi connectivity index (χ3v) is 3.12. The number of hydrogen-bond donors (Lipinski definition) is 2. The van der Waals surface area contributed by atoms with Crippen LogP contribution in [0.15, 0.2) is 12.4 Å². The molecule has 3 N–H and O–H groups in total. The largest absolute Gasteiger partial charge is 0.396 e. The summed E-state index contributed by atoms with van der Waals surface area (Å²) >= 11 is 0. The maximum atomic E-state index is 9.98. The minimum atomic E-state index is -0.417. The van der Waals surface area contributed by atoms with Gasteiger partial charge in [0.15, 0.2) is 0 Å². The van der Waals surface area contributed by atoms with Gasteiger partial charge in [0.25, 0.3) is 0 Å². The Kier molecular flexibility index (Phi) is 5.44. The highest BCUT2D eigenvalue weighted by atomic mass is 16.3. The van der Waals surface area contributed by atoms with E-state index in [4.69, 9.17) is 5.73 Å². The van der Waals surface area contributed by atoms with E-state index in [0.29, 0.717) is 24.8 Å². The van der Waals surface area contributed by atoms with Gasteiger partial charge in [-0.15, -0.1) is 0 Å². The van der Waals surface area contributed by atoms with Crippen LogP contribution in [0.2, 0.25) is 0 Å². The van der Waals surface area contributed by atoms with Crippen LogP contribution in [0.4, 0.5) is 5.69 Å². The van der Waals surface area contributed by atoms with Gasteiger partial charge in [-0.1, -0.05) is 13.8 Å². The molecule has 0 saturated heterocycles. The van der Waals surface area contributed by atoms with Crippen LogP contribution in [-0.2, 0) is 6.54 Å². The number of hydrogen-bond acceptors (Lipinski definition) is 4. The molecule has 0 saturated carbocycles. The number of nitrogen functional groups attached to an aromatic ring is 1. The van der Waals surface area contributed by atoms with Crippen LogP contribution in [0.3, 0.4) is 0 Å². The zero-order chi connectivity index (χ0) is 12.8. The van der Waals surface area contributed by atoms with Crippen LogP contribution < -0.4 is 5.73 Å². The Morgan fingerprint density at radius 3 is 2.59 bits per heavy atom. The molecule has 0 aliphatic heterocycles. The molecule has 1 rings (SSSR count). The van der Waals surface area contributed by atoms with E-state index in [1.165, 1.54) is 0 Å². The summed E-state index contributed by atoms with van der Waals surface area (Å²) in [6.07, 6.45) is 5.13. The lowest BCUT2D eigenvalue weighted by Crippen LogP contribution is -2.38. The second kappa shape index (κ2) is 6.61. The molecule has 5 heteroatoms. The summed E-state index contributed by atoms with van der Waals surface area (Å²) in [7, 11) is 2.05. The molecular formula is C12H24N4O. The maximum absolute atomic E-state index is 9.98. The minimum Gasteiger partial charge on any atom is -0.396 e. The van der Waals surface area contributed by atoms with Crippen LogP contribution >= 0.6 is 0 Å². The van der Waals surface area contributed by atoms with Gasteiger partial charge in [0, 0.05) is 18.8 Å². The van der Waals surface area contributed by atoms with Gasteiger partial charge in [0.1, 0.15) is 0 Å². The van der Waals surface area contributed by atoms with Gasteiger partial charge in [-0.3, -0.25) is 4.68 Å². The molecule has 0 fully saturated rings. The van der Waals surface area contributed by atoms with Crippen LogP contribution in [-0.4, -0.2) is 45.5 Å². The lowest BCUT2D eigenvalue weighted by molar-refractivity contribution is 0.0855. The highest BCUT2D eigenvalue weighted by Crippen LogP contribution is 2.07. The van der Waals surface area contributed by atoms with Gasteiger partial charge in [-0.25, -0.2) is 0 Å². The predicted octanol–water partition coefficient (Wildman–Crippen LogP) is 0.947. The molecule has 1 unspecified atom stereocenters. The molecule has 1 atom stereocenters. The summed E-state index contributed by atoms with van der Waals surface area (Å²) in [4.78, 5) is 2.21. The second-order valence-corrected chi connectivity index (χ2v) is 4.56. The first kappa shape index (κ1) is 14.0. The minimum absolute atomic E-state index is 0.417. The average molecular weight is 240 g/mol. The van der Waals surface area contributed by atoms with Crippen LogP contribution in [0.1, 0.15) is 26.7 Å². The Labute approximate surface area is 103 Å². The lowest BCUT2D eigenvalue weighted by Gasteiger charge is -2.28. The summed E-state index contributed by atoms with van der Waals surface area (Å²) in [5, 5.41) is 14.0. The number of rotatable bonds is 7. The van der Waals surface area contributed by atoms with Crippen LogP contribution in [0.25, 0.3) is 0 Å². The molecule has 0 aliphatic carbocycles. The van der Waals surface area contributed by atoms with Crippen molar-refractivity contribution in [3.05, 3.63) is 12.4 Å². The van der Waals surface area contributed by atoms with Gasteiger partial charge in [0.05, 0.1) is 24.5 Å². The van der Waals surface area contributed by atoms with Crippen molar-refractivity contribution in [1.29, 1.82) is 0 Å². The van der Waals surface area contributed by atoms with Crippen molar-refractivity contribution in [3.8, 4) is 0 Å². The SMILES string of the molecule is CCC(CC)N(C)CC(O)Cn1cc(N)cn1. The quantitative estimate of drug-likeness (QED) is 0.744. The van der Waals surface area contributed by atoms with E-state index in [2.05, 4.69) is 30.9 Å². The second-order valence-electron chi connectivity index (χ2n) is 4.56. The van der Waals surface area contributed by atoms with Crippen LogP contribution in [0, 0.1) is 0 Å². The molecule has 5 nitrogen and oxygen atoms in total. The van der Waals surface area contributed by atoms with Crippen molar-refractivity contribution in [2.75, 3.05) is 19.3 Å². The van der Waals surface area contributed by atoms with E-state index in [1.54, 1.807) is 17.1 Å². The van der Waals surface area contributed by atoms with E-state index < -0.39 is 6.10 Å². The van der Waals surface area contributed by atoms with Crippen molar-refractivity contribution in [1.82, 2.24) is 14.7 Å². The molecule has 0 aliphatic rings. The van der Waals surface area contributed by atoms with Gasteiger partial charge in [-0.05, 0) is 19.9 Å². The zero-order valence-corrected chi connectivity index (χ0v) is 11.0. The van der Waals surface area contributed by atoms with Crippen molar-refractivity contribution in [3.63, 3.8) is 0 Å². The maximum Gasteiger partial charge on any atom is 0.0862 e. The molecule has 0 bridgehead atoms. The number of aliphatic hydroxyl groups is 1. The van der Waals surface area contributed by atoms with Crippen LogP contribution in [0.5, 0.6) is 0 Å². The van der Waals surface area contributed by atoms with Gasteiger partial charge in [-0.2, -0.15) is 5.10 Å². The van der Waals surface area contributed by atoms with Crippen molar-refractivity contribution in [2.24, 2.45) is 0 Å². The average Bonchev–Trinajstić information content (AvgIpc) is 2.65. The predicted molar refractivity (Wildman–Crippen MR) is 69.6 cm³/mol. The Morgan fingerprint density at radius 1 is 1.47 bits per heavy atom. The molecule has 98 valence electrons. The normalized spacial score (nSPS) is 13.5. The summed E-state index contributed by atoms with van der Waals surface area (Å²) in [6.45, 7) is 5.49. The first-order valence-corrected chi connectivity index (χ1v) is 6.23. The number of nitrogens with two attached hydrogens (primary N) is 1. The number of aromatic nitrogens is 2. The van der Waals surface area contributed by atoms with Crippen molar-refractivity contribution < 1.29 is 5.11 Å². The fourth-order valence-electron chi connectivity index (χ4n) is 2.15. The van der Waals surface area contributed by atoms with Gasteiger partial charge >= 0.3 is 0 Å². The molecule has 17 heavy (non-hydrogen) atoms. The third-order valence-electron chi connectivity index (χ3n) is 3.12. The number of aliphatic hydroxyl groups excluding tert-OH is 1. The van der Waals surface area contributed by atoms with E-state index in [-0.39, 0.29) is 0 Å². The molecule has 0 spiro atoms. The van der Waals surface area contributed by atoms with Crippen molar-refractivity contribution in [2.45, 2.75) is 45.4 Å². The first-order chi connectivity index (χ1) is 8.06. The number of nitrogens with zero attached hydrogens (tertiary/aromatic N) is 3. The molecule has 0 amide bonds. The smallest absolute Gasteiger partial charge is 0.0862 e. The monoisotopic (exact) mass is 240 g/mol. The summed E-state index contributed by atoms with van der Waals surface area (Å²) in [5.74, 6) is 0. The standard InChI is InChI=1S/C12H24N4O/c1-4-11(5-2)15(3)8-12(17)9-16-7-10(13)6-14-16/h6-7,11-12,17H,4-5,8-9,13H2,1-3H3. The highest BCUT2D eigenvalue weighted by molar-refractivity contribution is 5.30. The fourth-order valence-corrected chi connectivity index (χ4v) is 2.15. The fraction of sp³-hybridized carbons (Fsp3) is 0.750. The van der Waals surface area contributed by atoms with E-state index in [1.807, 2.05) is 0 Å². The molecule has 1 aromatic rings.